The number of carbonyl (C=O) groups excluding carboxylic acids is 2. The van der Waals surface area contributed by atoms with Gasteiger partial charge in [-0.05, 0) is 25.1 Å². The largest absolute Gasteiger partial charge is 0.545 e. The molecule has 0 rings (SSSR count). The molecule has 0 saturated heterocycles. The van der Waals surface area contributed by atoms with E-state index >= 15 is 0 Å². The van der Waals surface area contributed by atoms with Crippen LogP contribution in [-0.4, -0.2) is 27.3 Å². The summed E-state index contributed by atoms with van der Waals surface area (Å²) in [6.07, 6.45) is 0. The normalized spacial score (nSPS) is 13.5. The Morgan fingerprint density at radius 3 is 1.89 bits per heavy atom. The zero-order valence-electron chi connectivity index (χ0n) is 13.1. The Balaban J connectivity index is 5.37. The van der Waals surface area contributed by atoms with E-state index in [0.717, 1.165) is 0 Å². The second-order valence-electron chi connectivity index (χ2n) is 5.97. The summed E-state index contributed by atoms with van der Waals surface area (Å²) in [5.41, 5.74) is 0.0693. The Kier molecular flexibility index (Phi) is 5.80. The Bertz CT molecular complexity index is 394. The van der Waals surface area contributed by atoms with E-state index in [4.69, 9.17) is 4.43 Å². The fourth-order valence-corrected chi connectivity index (χ4v) is 2.32. The third-order valence-corrected chi connectivity index (χ3v) is 7.69. The minimum atomic E-state index is -2.06. The van der Waals surface area contributed by atoms with Crippen molar-refractivity contribution < 1.29 is 18.8 Å². The molecule has 19 heavy (non-hydrogen) atoms. The molecule has 0 aromatic rings. The fraction of sp³-hybridized carbons (Fsp3) is 0.692. The monoisotopic (exact) mass is 287 g/mol. The average molecular weight is 287 g/mol. The van der Waals surface area contributed by atoms with Crippen LogP contribution in [0.5, 0.6) is 0 Å². The molecule has 0 bridgehead atoms. The molecule has 1 amide bonds. The number of ether oxygens (including phenoxy) is 1. The summed E-state index contributed by atoms with van der Waals surface area (Å²) in [4.78, 5) is 22.8. The van der Waals surface area contributed by atoms with Crippen molar-refractivity contribution in [2.24, 2.45) is 0 Å². The predicted octanol–water partition coefficient (Wildman–Crippen LogP) is 2.55. The quantitative estimate of drug-likeness (QED) is 0.373. The maximum atomic E-state index is 11.7. The summed E-state index contributed by atoms with van der Waals surface area (Å²) >= 11 is 0. The number of hydrogen-bond acceptors (Lipinski definition) is 4. The van der Waals surface area contributed by atoms with Gasteiger partial charge in [0.1, 0.15) is 5.76 Å². The molecule has 0 spiro atoms. The molecule has 0 aliphatic heterocycles. The predicted molar refractivity (Wildman–Crippen MR) is 76.8 cm³/mol. The molecule has 0 heterocycles. The van der Waals surface area contributed by atoms with E-state index in [1.807, 2.05) is 0 Å². The Hall–Kier alpha value is -1.30. The number of esters is 1. The zero-order chi connectivity index (χ0) is 15.4. The van der Waals surface area contributed by atoms with Crippen LogP contribution < -0.4 is 5.32 Å². The van der Waals surface area contributed by atoms with E-state index in [9.17, 15) is 9.59 Å². The molecule has 0 atom stereocenters. The van der Waals surface area contributed by atoms with Gasteiger partial charge in [0.05, 0.1) is 7.11 Å². The highest BCUT2D eigenvalue weighted by Crippen LogP contribution is 2.38. The van der Waals surface area contributed by atoms with Crippen LogP contribution in [0.4, 0.5) is 0 Å². The first-order valence-electron chi connectivity index (χ1n) is 6.18. The van der Waals surface area contributed by atoms with Gasteiger partial charge >= 0.3 is 5.97 Å². The van der Waals surface area contributed by atoms with E-state index in [1.54, 1.807) is 6.92 Å². The van der Waals surface area contributed by atoms with Crippen molar-refractivity contribution in [3.63, 3.8) is 0 Å². The van der Waals surface area contributed by atoms with E-state index < -0.39 is 14.3 Å². The molecule has 6 heteroatoms. The summed E-state index contributed by atoms with van der Waals surface area (Å²) in [5, 5.41) is 2.47. The summed E-state index contributed by atoms with van der Waals surface area (Å²) in [5.74, 6) is -0.543. The second kappa shape index (κ2) is 6.23. The highest BCUT2D eigenvalue weighted by molar-refractivity contribution is 6.74. The summed E-state index contributed by atoms with van der Waals surface area (Å²) in [7, 11) is -0.790. The van der Waals surface area contributed by atoms with Gasteiger partial charge in [0.15, 0.2) is 5.70 Å². The first-order chi connectivity index (χ1) is 8.42. The lowest BCUT2D eigenvalue weighted by atomic mass is 10.2. The van der Waals surface area contributed by atoms with Crippen LogP contribution in [-0.2, 0) is 18.8 Å². The molecule has 0 radical (unpaired) electrons. The molecular weight excluding hydrogens is 262 g/mol. The third kappa shape index (κ3) is 5.06. The van der Waals surface area contributed by atoms with Gasteiger partial charge in [-0.1, -0.05) is 20.8 Å². The van der Waals surface area contributed by atoms with Gasteiger partial charge in [0.25, 0.3) is 0 Å². The molecular formula is C13H25NO4Si. The van der Waals surface area contributed by atoms with Gasteiger partial charge in [-0.15, -0.1) is 0 Å². The van der Waals surface area contributed by atoms with Gasteiger partial charge in [0, 0.05) is 6.92 Å². The Morgan fingerprint density at radius 1 is 1.11 bits per heavy atom. The third-order valence-electron chi connectivity index (χ3n) is 3.26. The average Bonchev–Trinajstić information content (AvgIpc) is 2.22. The van der Waals surface area contributed by atoms with Gasteiger partial charge in [-0.2, -0.15) is 0 Å². The standard InChI is InChI=1S/C13H25NO4Si/c1-9(18-19(7,8)13(3,4)5)11(12(16)17-6)14-10(2)15/h1-8H3,(H,14,15)/b11-9-. The minimum Gasteiger partial charge on any atom is -0.545 e. The van der Waals surface area contributed by atoms with E-state index in [-0.39, 0.29) is 16.6 Å². The molecule has 0 aliphatic rings. The molecule has 0 saturated carbocycles. The van der Waals surface area contributed by atoms with Gasteiger partial charge in [-0.25, -0.2) is 4.79 Å². The van der Waals surface area contributed by atoms with Crippen molar-refractivity contribution in [2.75, 3.05) is 7.11 Å². The first-order valence-corrected chi connectivity index (χ1v) is 9.09. The highest BCUT2D eigenvalue weighted by Gasteiger charge is 2.39. The van der Waals surface area contributed by atoms with Crippen molar-refractivity contribution in [3.05, 3.63) is 11.5 Å². The maximum absolute atomic E-state index is 11.7. The summed E-state index contributed by atoms with van der Waals surface area (Å²) in [6, 6.07) is 0. The number of methoxy groups -OCH3 is 1. The summed E-state index contributed by atoms with van der Waals surface area (Å²) in [6.45, 7) is 13.4. The molecule has 0 aliphatic carbocycles. The maximum Gasteiger partial charge on any atom is 0.358 e. The van der Waals surface area contributed by atoms with Crippen molar-refractivity contribution in [3.8, 4) is 0 Å². The highest BCUT2D eigenvalue weighted by atomic mass is 28.4. The van der Waals surface area contributed by atoms with E-state index in [2.05, 4.69) is 43.9 Å². The molecule has 0 unspecified atom stereocenters. The van der Waals surface area contributed by atoms with Gasteiger partial charge in [0.2, 0.25) is 14.2 Å². The fourth-order valence-electron chi connectivity index (χ4n) is 1.15. The van der Waals surface area contributed by atoms with Crippen molar-refractivity contribution >= 4 is 20.2 Å². The number of carbonyl (C=O) groups is 2. The Labute approximate surface area is 116 Å². The molecule has 0 aromatic carbocycles. The van der Waals surface area contributed by atoms with Crippen LogP contribution >= 0.6 is 0 Å². The SMILES string of the molecule is COC(=O)/C(NC(C)=O)=C(\C)O[Si](C)(C)C(C)(C)C. The van der Waals surface area contributed by atoms with Crippen LogP contribution in [0, 0.1) is 0 Å². The van der Waals surface area contributed by atoms with Crippen molar-refractivity contribution in [1.29, 1.82) is 0 Å². The first kappa shape index (κ1) is 17.7. The number of allylic oxidation sites excluding steroid dienone is 1. The number of rotatable bonds is 4. The van der Waals surface area contributed by atoms with Crippen LogP contribution in [0.1, 0.15) is 34.6 Å². The molecule has 1 N–H and O–H groups in total. The lowest BCUT2D eigenvalue weighted by Crippen LogP contribution is -2.41. The molecule has 110 valence electrons. The van der Waals surface area contributed by atoms with Crippen LogP contribution in [0.25, 0.3) is 0 Å². The van der Waals surface area contributed by atoms with Crippen LogP contribution in [0.2, 0.25) is 18.1 Å². The van der Waals surface area contributed by atoms with E-state index in [0.29, 0.717) is 5.76 Å². The van der Waals surface area contributed by atoms with Crippen molar-refractivity contribution in [1.82, 2.24) is 5.32 Å². The van der Waals surface area contributed by atoms with Crippen LogP contribution in [0.3, 0.4) is 0 Å². The second-order valence-corrected chi connectivity index (χ2v) is 10.7. The lowest BCUT2D eigenvalue weighted by Gasteiger charge is -2.37. The Morgan fingerprint density at radius 2 is 1.58 bits per heavy atom. The zero-order valence-corrected chi connectivity index (χ0v) is 14.1. The topological polar surface area (TPSA) is 64.6 Å². The number of hydrogen-bond donors (Lipinski definition) is 1. The van der Waals surface area contributed by atoms with Crippen molar-refractivity contribution in [2.45, 2.75) is 52.8 Å². The lowest BCUT2D eigenvalue weighted by molar-refractivity contribution is -0.137. The van der Waals surface area contributed by atoms with Gasteiger partial charge in [-0.3, -0.25) is 4.79 Å². The smallest absolute Gasteiger partial charge is 0.358 e. The molecule has 0 aromatic heterocycles. The number of nitrogens with one attached hydrogen (secondary N) is 1. The van der Waals surface area contributed by atoms with E-state index in [1.165, 1.54) is 14.0 Å². The van der Waals surface area contributed by atoms with Gasteiger partial charge < -0.3 is 14.5 Å². The molecule has 0 fully saturated rings. The number of amides is 1. The minimum absolute atomic E-state index is 0.00567. The molecule has 5 nitrogen and oxygen atoms in total. The summed E-state index contributed by atoms with van der Waals surface area (Å²) < 4.78 is 10.6. The van der Waals surface area contributed by atoms with Crippen LogP contribution in [0.15, 0.2) is 11.5 Å².